The third-order valence-electron chi connectivity index (χ3n) is 4.01. The Balaban J connectivity index is 1.71. The number of unbranched alkanes of at least 4 members (excludes halogenated alkanes) is 1. The smallest absolute Gasteiger partial charge is 0.337 e. The zero-order valence-corrected chi connectivity index (χ0v) is 14.5. The molecule has 1 atom stereocenters. The van der Waals surface area contributed by atoms with E-state index < -0.39 is 0 Å². The minimum absolute atomic E-state index is 0.0697. The number of esters is 2. The summed E-state index contributed by atoms with van der Waals surface area (Å²) in [5.74, 6) is 0.0139. The molecule has 1 heterocycles. The first-order valence-corrected chi connectivity index (χ1v) is 8.25. The predicted molar refractivity (Wildman–Crippen MR) is 89.4 cm³/mol. The second kappa shape index (κ2) is 9.05. The first-order valence-electron chi connectivity index (χ1n) is 8.25. The number of hydrogen-bond acceptors (Lipinski definition) is 6. The maximum absolute atomic E-state index is 11.8. The normalized spacial score (nSPS) is 15.0. The molecule has 7 heteroatoms. The molecule has 1 aromatic rings. The van der Waals surface area contributed by atoms with Gasteiger partial charge in [-0.2, -0.15) is 0 Å². The molecule has 0 saturated carbocycles. The molecule has 0 aliphatic carbocycles. The van der Waals surface area contributed by atoms with Crippen LogP contribution in [0.3, 0.4) is 0 Å². The van der Waals surface area contributed by atoms with E-state index in [9.17, 15) is 14.4 Å². The third kappa shape index (κ3) is 5.48. The van der Waals surface area contributed by atoms with E-state index in [0.717, 1.165) is 11.3 Å². The van der Waals surface area contributed by atoms with Gasteiger partial charge in [0.2, 0.25) is 5.91 Å². The molecule has 1 N–H and O–H groups in total. The molecule has 0 spiro atoms. The minimum Gasteiger partial charge on any atom is -0.488 e. The van der Waals surface area contributed by atoms with Gasteiger partial charge < -0.3 is 19.5 Å². The molecule has 1 aliphatic rings. The van der Waals surface area contributed by atoms with E-state index in [-0.39, 0.29) is 23.9 Å². The molecule has 1 amide bonds. The predicted octanol–water partition coefficient (Wildman–Crippen LogP) is 1.63. The summed E-state index contributed by atoms with van der Waals surface area (Å²) in [6.07, 6.45) is 2.43. The maximum atomic E-state index is 11.8. The van der Waals surface area contributed by atoms with E-state index in [2.05, 4.69) is 10.1 Å². The highest BCUT2D eigenvalue weighted by atomic mass is 16.5. The molecule has 1 aliphatic heterocycles. The van der Waals surface area contributed by atoms with Gasteiger partial charge in [-0.1, -0.05) is 0 Å². The van der Waals surface area contributed by atoms with Crippen LogP contribution in [-0.4, -0.2) is 44.7 Å². The van der Waals surface area contributed by atoms with Crippen LogP contribution in [0.5, 0.6) is 5.75 Å². The molecule has 0 fully saturated rings. The zero-order valence-electron chi connectivity index (χ0n) is 14.5. The molecule has 1 aromatic carbocycles. The molecule has 0 saturated heterocycles. The van der Waals surface area contributed by atoms with Crippen LogP contribution in [-0.2, 0) is 25.5 Å². The van der Waals surface area contributed by atoms with Crippen LogP contribution in [0.4, 0.5) is 0 Å². The van der Waals surface area contributed by atoms with Crippen molar-refractivity contribution < 1.29 is 28.6 Å². The van der Waals surface area contributed by atoms with Gasteiger partial charge in [0.1, 0.15) is 11.9 Å². The van der Waals surface area contributed by atoms with Crippen molar-refractivity contribution in [2.24, 2.45) is 0 Å². The van der Waals surface area contributed by atoms with E-state index in [1.165, 1.54) is 14.2 Å². The van der Waals surface area contributed by atoms with E-state index >= 15 is 0 Å². The number of hydrogen-bond donors (Lipinski definition) is 1. The number of ether oxygens (including phenoxy) is 3. The van der Waals surface area contributed by atoms with Gasteiger partial charge in [0, 0.05) is 19.3 Å². The van der Waals surface area contributed by atoms with Crippen molar-refractivity contribution in [3.63, 3.8) is 0 Å². The first-order chi connectivity index (χ1) is 12.0. The van der Waals surface area contributed by atoms with Gasteiger partial charge in [-0.25, -0.2) is 4.79 Å². The second-order valence-corrected chi connectivity index (χ2v) is 5.85. The van der Waals surface area contributed by atoms with Crippen molar-refractivity contribution in [1.29, 1.82) is 0 Å². The molecule has 0 radical (unpaired) electrons. The number of carbonyl (C=O) groups is 3. The largest absolute Gasteiger partial charge is 0.488 e. The summed E-state index contributed by atoms with van der Waals surface area (Å²) in [5, 5.41) is 2.84. The monoisotopic (exact) mass is 349 g/mol. The molecule has 1 unspecified atom stereocenters. The molecule has 7 nitrogen and oxygen atoms in total. The van der Waals surface area contributed by atoms with Gasteiger partial charge in [-0.05, 0) is 36.6 Å². The number of rotatable bonds is 8. The highest BCUT2D eigenvalue weighted by Crippen LogP contribution is 2.29. The molecule has 0 bridgehead atoms. The first kappa shape index (κ1) is 18.8. The Labute approximate surface area is 146 Å². The summed E-state index contributed by atoms with van der Waals surface area (Å²) in [6.45, 7) is 0.401. The average Bonchev–Trinajstić information content (AvgIpc) is 3.04. The summed E-state index contributed by atoms with van der Waals surface area (Å²) < 4.78 is 15.0. The standard InChI is InChI=1S/C18H23NO6/c1-23-17(21)6-4-3-5-16(20)19-11-14-10-13-9-12(18(22)24-2)7-8-15(13)25-14/h7-9,14H,3-6,10-11H2,1-2H3,(H,19,20). The topological polar surface area (TPSA) is 90.9 Å². The van der Waals surface area contributed by atoms with E-state index in [1.54, 1.807) is 18.2 Å². The number of amides is 1. The summed E-state index contributed by atoms with van der Waals surface area (Å²) in [5.41, 5.74) is 1.42. The van der Waals surface area contributed by atoms with Crippen LogP contribution in [0.15, 0.2) is 18.2 Å². The van der Waals surface area contributed by atoms with Gasteiger partial charge in [0.05, 0.1) is 26.3 Å². The lowest BCUT2D eigenvalue weighted by atomic mass is 10.1. The Morgan fingerprint density at radius 2 is 1.92 bits per heavy atom. The van der Waals surface area contributed by atoms with Crippen LogP contribution in [0.25, 0.3) is 0 Å². The lowest BCUT2D eigenvalue weighted by Gasteiger charge is -2.11. The fourth-order valence-corrected chi connectivity index (χ4v) is 2.65. The van der Waals surface area contributed by atoms with Gasteiger partial charge in [0.25, 0.3) is 0 Å². The summed E-state index contributed by atoms with van der Waals surface area (Å²) in [4.78, 5) is 34.4. The van der Waals surface area contributed by atoms with Crippen molar-refractivity contribution in [2.45, 2.75) is 38.2 Å². The van der Waals surface area contributed by atoms with Gasteiger partial charge >= 0.3 is 11.9 Å². The van der Waals surface area contributed by atoms with Crippen LogP contribution in [0.1, 0.15) is 41.6 Å². The highest BCUT2D eigenvalue weighted by Gasteiger charge is 2.24. The van der Waals surface area contributed by atoms with Crippen molar-refractivity contribution in [2.75, 3.05) is 20.8 Å². The number of nitrogens with one attached hydrogen (secondary N) is 1. The van der Waals surface area contributed by atoms with Crippen molar-refractivity contribution >= 4 is 17.8 Å². The zero-order chi connectivity index (χ0) is 18.2. The number of benzene rings is 1. The van der Waals surface area contributed by atoms with Crippen molar-refractivity contribution in [3.05, 3.63) is 29.3 Å². The van der Waals surface area contributed by atoms with E-state index in [1.807, 2.05) is 0 Å². The number of methoxy groups -OCH3 is 2. The Hall–Kier alpha value is -2.57. The highest BCUT2D eigenvalue weighted by molar-refractivity contribution is 5.89. The maximum Gasteiger partial charge on any atom is 0.337 e. The Morgan fingerprint density at radius 3 is 2.64 bits per heavy atom. The Bertz CT molecular complexity index is 642. The van der Waals surface area contributed by atoms with Crippen molar-refractivity contribution in [3.8, 4) is 5.75 Å². The summed E-state index contributed by atoms with van der Waals surface area (Å²) in [6, 6.07) is 5.17. The second-order valence-electron chi connectivity index (χ2n) is 5.85. The molecule has 2 rings (SSSR count). The quantitative estimate of drug-likeness (QED) is 0.567. The van der Waals surface area contributed by atoms with Crippen LogP contribution >= 0.6 is 0 Å². The minimum atomic E-state index is -0.383. The fraction of sp³-hybridized carbons (Fsp3) is 0.500. The lowest BCUT2D eigenvalue weighted by molar-refractivity contribution is -0.140. The van der Waals surface area contributed by atoms with Crippen molar-refractivity contribution in [1.82, 2.24) is 5.32 Å². The summed E-state index contributed by atoms with van der Waals surface area (Å²) in [7, 11) is 2.69. The van der Waals surface area contributed by atoms with E-state index in [4.69, 9.17) is 9.47 Å². The van der Waals surface area contributed by atoms with Crippen LogP contribution in [0.2, 0.25) is 0 Å². The lowest BCUT2D eigenvalue weighted by Crippen LogP contribution is -2.34. The van der Waals surface area contributed by atoms with Crippen LogP contribution < -0.4 is 10.1 Å². The van der Waals surface area contributed by atoms with Gasteiger partial charge in [0.15, 0.2) is 0 Å². The SMILES string of the molecule is COC(=O)CCCCC(=O)NCC1Cc2cc(C(=O)OC)ccc2O1. The number of carbonyl (C=O) groups excluding carboxylic acids is 3. The molecular formula is C18H23NO6. The summed E-state index contributed by atoms with van der Waals surface area (Å²) >= 11 is 0. The Morgan fingerprint density at radius 1 is 1.16 bits per heavy atom. The van der Waals surface area contributed by atoms with E-state index in [0.29, 0.717) is 44.2 Å². The molecule has 25 heavy (non-hydrogen) atoms. The Kier molecular flexibility index (Phi) is 6.80. The molecular weight excluding hydrogens is 326 g/mol. The molecule has 136 valence electrons. The average molecular weight is 349 g/mol. The van der Waals surface area contributed by atoms with Gasteiger partial charge in [-0.3, -0.25) is 9.59 Å². The molecule has 0 aromatic heterocycles. The third-order valence-corrected chi connectivity index (χ3v) is 4.01. The van der Waals surface area contributed by atoms with Gasteiger partial charge in [-0.15, -0.1) is 0 Å². The number of fused-ring (bicyclic) bond motifs is 1. The fourth-order valence-electron chi connectivity index (χ4n) is 2.65. The van der Waals surface area contributed by atoms with Crippen LogP contribution in [0, 0.1) is 0 Å².